The van der Waals surface area contributed by atoms with E-state index in [9.17, 15) is 10.2 Å². The number of rotatable bonds is 5. The molecular formula is C18H28N6O3. The molecule has 0 spiro atoms. The minimum absolute atomic E-state index is 0.0591. The highest BCUT2D eigenvalue weighted by molar-refractivity contribution is 5.81. The average Bonchev–Trinajstić information content (AvgIpc) is 3.20. The number of ether oxygens (including phenoxy) is 1. The van der Waals surface area contributed by atoms with E-state index in [1.807, 2.05) is 0 Å². The molecule has 1 aliphatic carbocycles. The number of imidazole rings is 1. The van der Waals surface area contributed by atoms with Crippen molar-refractivity contribution in [1.82, 2.24) is 19.5 Å². The van der Waals surface area contributed by atoms with Crippen LogP contribution in [-0.4, -0.2) is 54.1 Å². The Hall–Kier alpha value is -1.81. The quantitative estimate of drug-likeness (QED) is 0.597. The second-order valence-corrected chi connectivity index (χ2v) is 7.86. The van der Waals surface area contributed by atoms with Crippen LogP contribution in [0.25, 0.3) is 11.2 Å². The van der Waals surface area contributed by atoms with Crippen molar-refractivity contribution in [2.75, 3.05) is 5.73 Å². The van der Waals surface area contributed by atoms with Crippen LogP contribution >= 0.6 is 0 Å². The molecule has 2 aromatic heterocycles. The van der Waals surface area contributed by atoms with E-state index in [0.29, 0.717) is 23.5 Å². The topological polar surface area (TPSA) is 145 Å². The van der Waals surface area contributed by atoms with E-state index in [-0.39, 0.29) is 11.9 Å². The molecule has 2 aromatic rings. The lowest BCUT2D eigenvalue weighted by Gasteiger charge is -2.26. The van der Waals surface area contributed by atoms with Gasteiger partial charge in [-0.25, -0.2) is 15.0 Å². The maximum atomic E-state index is 10.5. The molecule has 9 heteroatoms. The minimum Gasteiger partial charge on any atom is -0.388 e. The molecule has 0 amide bonds. The van der Waals surface area contributed by atoms with Gasteiger partial charge in [-0.15, -0.1) is 0 Å². The Morgan fingerprint density at radius 3 is 2.67 bits per heavy atom. The van der Waals surface area contributed by atoms with E-state index in [1.54, 1.807) is 4.57 Å². The van der Waals surface area contributed by atoms with Crippen LogP contribution in [0.2, 0.25) is 0 Å². The lowest BCUT2D eigenvalue weighted by Crippen LogP contribution is -2.36. The molecule has 27 heavy (non-hydrogen) atoms. The summed E-state index contributed by atoms with van der Waals surface area (Å²) in [5, 5.41) is 21.0. The van der Waals surface area contributed by atoms with Gasteiger partial charge in [0.05, 0.1) is 12.4 Å². The smallest absolute Gasteiger partial charge is 0.167 e. The Morgan fingerprint density at radius 1 is 1.11 bits per heavy atom. The number of nitrogens with two attached hydrogens (primary N) is 2. The highest BCUT2D eigenvalue weighted by Gasteiger charge is 2.44. The zero-order valence-electron chi connectivity index (χ0n) is 15.3. The first-order valence-corrected chi connectivity index (χ1v) is 9.74. The molecule has 5 atom stereocenters. The Kier molecular flexibility index (Phi) is 5.27. The normalized spacial score (nSPS) is 30.8. The Morgan fingerprint density at radius 2 is 1.89 bits per heavy atom. The fourth-order valence-electron chi connectivity index (χ4n) is 4.46. The van der Waals surface area contributed by atoms with Gasteiger partial charge in [-0.1, -0.05) is 32.1 Å². The number of aliphatic hydroxyl groups excluding tert-OH is 2. The third-order valence-electron chi connectivity index (χ3n) is 5.89. The predicted molar refractivity (Wildman–Crippen MR) is 99.4 cm³/mol. The summed E-state index contributed by atoms with van der Waals surface area (Å²) in [5.41, 5.74) is 13.1. The van der Waals surface area contributed by atoms with Crippen molar-refractivity contribution < 1.29 is 14.9 Å². The fourth-order valence-corrected chi connectivity index (χ4v) is 4.46. The molecule has 3 heterocycles. The molecule has 1 unspecified atom stereocenters. The van der Waals surface area contributed by atoms with Gasteiger partial charge in [-0.2, -0.15) is 0 Å². The number of aliphatic hydroxyl groups is 2. The van der Waals surface area contributed by atoms with Gasteiger partial charge in [0.25, 0.3) is 0 Å². The van der Waals surface area contributed by atoms with E-state index in [4.69, 9.17) is 16.2 Å². The SMILES string of the molecule is Nc1ncnc2c1ncn2[C@@H]1O[C@H](CC(N)CC2CCCCC2)[C@@H](O)[C@H]1O. The zero-order chi connectivity index (χ0) is 19.0. The molecule has 4 rings (SSSR count). The van der Waals surface area contributed by atoms with Crippen LogP contribution in [0.1, 0.15) is 51.2 Å². The van der Waals surface area contributed by atoms with Gasteiger partial charge in [0.15, 0.2) is 17.7 Å². The number of nitrogen functional groups attached to an aromatic ring is 1. The molecule has 2 fully saturated rings. The second-order valence-electron chi connectivity index (χ2n) is 7.86. The van der Waals surface area contributed by atoms with Crippen LogP contribution in [0.3, 0.4) is 0 Å². The highest BCUT2D eigenvalue weighted by Crippen LogP contribution is 2.35. The van der Waals surface area contributed by atoms with Gasteiger partial charge in [0, 0.05) is 6.04 Å². The Balaban J connectivity index is 1.45. The van der Waals surface area contributed by atoms with E-state index >= 15 is 0 Å². The van der Waals surface area contributed by atoms with Gasteiger partial charge >= 0.3 is 0 Å². The molecule has 1 saturated heterocycles. The van der Waals surface area contributed by atoms with Gasteiger partial charge in [-0.3, -0.25) is 4.57 Å². The molecule has 1 saturated carbocycles. The lowest BCUT2D eigenvalue weighted by atomic mass is 9.83. The summed E-state index contributed by atoms with van der Waals surface area (Å²) in [6.45, 7) is 0. The maximum Gasteiger partial charge on any atom is 0.167 e. The number of aromatic nitrogens is 4. The summed E-state index contributed by atoms with van der Waals surface area (Å²) in [5.74, 6) is 0.920. The lowest BCUT2D eigenvalue weighted by molar-refractivity contribution is -0.0391. The first kappa shape index (κ1) is 18.5. The van der Waals surface area contributed by atoms with E-state index in [0.717, 1.165) is 6.42 Å². The molecule has 0 aromatic carbocycles. The molecule has 9 nitrogen and oxygen atoms in total. The van der Waals surface area contributed by atoms with Crippen molar-refractivity contribution in [2.45, 2.75) is 75.5 Å². The minimum atomic E-state index is -1.09. The molecular weight excluding hydrogens is 348 g/mol. The van der Waals surface area contributed by atoms with Crippen LogP contribution in [0.15, 0.2) is 12.7 Å². The third kappa shape index (κ3) is 3.64. The van der Waals surface area contributed by atoms with E-state index in [2.05, 4.69) is 15.0 Å². The largest absolute Gasteiger partial charge is 0.388 e. The summed E-state index contributed by atoms with van der Waals surface area (Å²) in [6.07, 6.45) is 7.20. The van der Waals surface area contributed by atoms with Crippen LogP contribution in [0.5, 0.6) is 0 Å². The van der Waals surface area contributed by atoms with Crippen molar-refractivity contribution in [1.29, 1.82) is 0 Å². The Labute approximate surface area is 157 Å². The molecule has 148 valence electrons. The number of anilines is 1. The van der Waals surface area contributed by atoms with E-state index < -0.39 is 24.5 Å². The van der Waals surface area contributed by atoms with Crippen LogP contribution in [0, 0.1) is 5.92 Å². The molecule has 0 bridgehead atoms. The van der Waals surface area contributed by atoms with Crippen molar-refractivity contribution in [2.24, 2.45) is 11.7 Å². The van der Waals surface area contributed by atoms with Gasteiger partial charge in [0.2, 0.25) is 0 Å². The first-order valence-electron chi connectivity index (χ1n) is 9.74. The maximum absolute atomic E-state index is 10.5. The monoisotopic (exact) mass is 376 g/mol. The highest BCUT2D eigenvalue weighted by atomic mass is 16.6. The third-order valence-corrected chi connectivity index (χ3v) is 5.89. The van der Waals surface area contributed by atoms with Crippen molar-refractivity contribution >= 4 is 17.0 Å². The van der Waals surface area contributed by atoms with Crippen LogP contribution < -0.4 is 11.5 Å². The van der Waals surface area contributed by atoms with Crippen molar-refractivity contribution in [3.05, 3.63) is 12.7 Å². The van der Waals surface area contributed by atoms with E-state index in [1.165, 1.54) is 44.8 Å². The molecule has 1 aliphatic heterocycles. The second kappa shape index (κ2) is 7.67. The van der Waals surface area contributed by atoms with Crippen LogP contribution in [-0.2, 0) is 4.74 Å². The standard InChI is InChI=1S/C18H28N6O3/c19-11(6-10-4-2-1-3-5-10)7-12-14(25)15(26)18(27-12)24-9-23-13-16(20)21-8-22-17(13)24/h8-12,14-15,18,25-26H,1-7,19H2,(H2,20,21,22)/t11?,12-,14-,15-,18-/m1/s1. The van der Waals surface area contributed by atoms with Crippen LogP contribution in [0.4, 0.5) is 5.82 Å². The Bertz CT molecular complexity index is 778. The average molecular weight is 376 g/mol. The summed E-state index contributed by atoms with van der Waals surface area (Å²) in [7, 11) is 0. The van der Waals surface area contributed by atoms with Crippen molar-refractivity contribution in [3.8, 4) is 0 Å². The zero-order valence-corrected chi connectivity index (χ0v) is 15.3. The number of hydrogen-bond acceptors (Lipinski definition) is 8. The van der Waals surface area contributed by atoms with Crippen molar-refractivity contribution in [3.63, 3.8) is 0 Å². The van der Waals surface area contributed by atoms with Gasteiger partial charge < -0.3 is 26.4 Å². The summed E-state index contributed by atoms with van der Waals surface area (Å²) >= 11 is 0. The summed E-state index contributed by atoms with van der Waals surface area (Å²) < 4.78 is 7.57. The summed E-state index contributed by atoms with van der Waals surface area (Å²) in [4.78, 5) is 12.3. The fraction of sp³-hybridized carbons (Fsp3) is 0.722. The molecule has 6 N–H and O–H groups in total. The molecule has 0 radical (unpaired) electrons. The number of fused-ring (bicyclic) bond motifs is 1. The number of nitrogens with zero attached hydrogens (tertiary/aromatic N) is 4. The summed E-state index contributed by atoms with van der Waals surface area (Å²) in [6, 6.07) is -0.0591. The van der Waals surface area contributed by atoms with Gasteiger partial charge in [-0.05, 0) is 18.8 Å². The predicted octanol–water partition coefficient (Wildman–Crippen LogP) is 0.715. The van der Waals surface area contributed by atoms with Gasteiger partial charge in [0.1, 0.15) is 24.1 Å². The molecule has 2 aliphatic rings. The number of hydrogen-bond donors (Lipinski definition) is 4. The first-order chi connectivity index (χ1) is 13.0.